The first-order chi connectivity index (χ1) is 17.6. The summed E-state index contributed by atoms with van der Waals surface area (Å²) in [5, 5.41) is 13.9. The van der Waals surface area contributed by atoms with Gasteiger partial charge in [0, 0.05) is 19.9 Å². The van der Waals surface area contributed by atoms with E-state index in [4.69, 9.17) is 18.9 Å². The Labute approximate surface area is 209 Å². The van der Waals surface area contributed by atoms with E-state index >= 15 is 0 Å². The average molecular weight is 489 g/mol. The molecular weight excluding hydrogens is 460 g/mol. The van der Waals surface area contributed by atoms with Crippen molar-refractivity contribution in [2.24, 2.45) is 4.99 Å². The van der Waals surface area contributed by atoms with Crippen LogP contribution in [0.5, 0.6) is 17.2 Å². The molecule has 1 aliphatic rings. The zero-order chi connectivity index (χ0) is 25.3. The molecule has 0 bridgehead atoms. The molecule has 1 aliphatic carbocycles. The van der Waals surface area contributed by atoms with Gasteiger partial charge in [0.05, 0.1) is 41.4 Å². The number of aromatic hydroxyl groups is 1. The van der Waals surface area contributed by atoms with Crippen LogP contribution in [-0.2, 0) is 9.47 Å². The van der Waals surface area contributed by atoms with Gasteiger partial charge >= 0.3 is 0 Å². The SMILES string of the molecule is COCCOc1ccc(N=C2C=CC(=O)c3c(Nc4ccc(OCCOC)cc4)ccc(O)c32)cc1. The Morgan fingerprint density at radius 3 is 1.97 bits per heavy atom. The number of methoxy groups -OCH3 is 2. The van der Waals surface area contributed by atoms with E-state index in [1.54, 1.807) is 32.4 Å². The maximum Gasteiger partial charge on any atom is 0.188 e. The second-order valence-corrected chi connectivity index (χ2v) is 7.90. The van der Waals surface area contributed by atoms with Gasteiger partial charge in [0.1, 0.15) is 30.5 Å². The topological polar surface area (TPSA) is 98.6 Å². The second kappa shape index (κ2) is 12.0. The highest BCUT2D eigenvalue weighted by Crippen LogP contribution is 2.35. The van der Waals surface area contributed by atoms with Crippen molar-refractivity contribution in [2.75, 3.05) is 46.0 Å². The predicted octanol–water partition coefficient (Wildman–Crippen LogP) is 5.06. The van der Waals surface area contributed by atoms with E-state index < -0.39 is 0 Å². The van der Waals surface area contributed by atoms with Crippen LogP contribution in [0.4, 0.5) is 17.1 Å². The van der Waals surface area contributed by atoms with Crippen LogP contribution in [-0.4, -0.2) is 57.2 Å². The lowest BCUT2D eigenvalue weighted by Crippen LogP contribution is -2.15. The number of ether oxygens (including phenoxy) is 4. The van der Waals surface area contributed by atoms with Gasteiger partial charge in [-0.05, 0) is 72.8 Å². The summed E-state index contributed by atoms with van der Waals surface area (Å²) in [5.74, 6) is 1.18. The monoisotopic (exact) mass is 488 g/mol. The molecule has 0 atom stereocenters. The van der Waals surface area contributed by atoms with Gasteiger partial charge in [-0.2, -0.15) is 0 Å². The number of carbonyl (C=O) groups excluding carboxylic acids is 1. The average Bonchev–Trinajstić information content (AvgIpc) is 2.89. The standard InChI is InChI=1S/C28H28N2O6/c1-33-15-17-35-21-7-3-19(4-8-21)29-23-11-13-26(32)28-24(12-14-25(31)27(23)28)30-20-5-9-22(10-6-20)36-18-16-34-2/h3-14,29,32H,15-18H2,1-2H3. The number of carbonyl (C=O) groups is 1. The van der Waals surface area contributed by atoms with Crippen LogP contribution in [0.2, 0.25) is 0 Å². The summed E-state index contributed by atoms with van der Waals surface area (Å²) < 4.78 is 21.2. The molecule has 0 radical (unpaired) electrons. The summed E-state index contributed by atoms with van der Waals surface area (Å²) in [4.78, 5) is 17.5. The fourth-order valence-corrected chi connectivity index (χ4v) is 3.66. The third-order valence-electron chi connectivity index (χ3n) is 5.41. The minimum atomic E-state index is -0.219. The van der Waals surface area contributed by atoms with Gasteiger partial charge in [-0.25, -0.2) is 4.99 Å². The molecule has 8 nitrogen and oxygen atoms in total. The molecule has 0 aromatic heterocycles. The number of nitrogens with zero attached hydrogens (tertiary/aromatic N) is 1. The van der Waals surface area contributed by atoms with Crippen LogP contribution < -0.4 is 14.8 Å². The molecule has 3 aromatic carbocycles. The van der Waals surface area contributed by atoms with Crippen molar-refractivity contribution in [1.82, 2.24) is 0 Å². The minimum absolute atomic E-state index is 0.0200. The van der Waals surface area contributed by atoms with Gasteiger partial charge in [0.25, 0.3) is 0 Å². The van der Waals surface area contributed by atoms with Gasteiger partial charge < -0.3 is 29.4 Å². The van der Waals surface area contributed by atoms with Crippen molar-refractivity contribution in [3.63, 3.8) is 0 Å². The first-order valence-electron chi connectivity index (χ1n) is 11.5. The number of benzene rings is 3. The Morgan fingerprint density at radius 2 is 1.36 bits per heavy atom. The summed E-state index contributed by atoms with van der Waals surface area (Å²) >= 11 is 0. The van der Waals surface area contributed by atoms with E-state index in [0.717, 1.165) is 5.69 Å². The molecule has 8 heteroatoms. The third-order valence-corrected chi connectivity index (χ3v) is 5.41. The zero-order valence-corrected chi connectivity index (χ0v) is 20.2. The maximum atomic E-state index is 12.9. The Kier molecular flexibility index (Phi) is 8.33. The molecule has 0 saturated carbocycles. The summed E-state index contributed by atoms with van der Waals surface area (Å²) in [6.07, 6.45) is 3.07. The molecule has 0 spiro atoms. The maximum absolute atomic E-state index is 12.9. The number of fused-ring (bicyclic) bond motifs is 1. The number of nitrogens with one attached hydrogen (secondary N) is 1. The van der Waals surface area contributed by atoms with Crippen LogP contribution in [0.25, 0.3) is 0 Å². The normalized spacial score (nSPS) is 13.5. The summed E-state index contributed by atoms with van der Waals surface area (Å²) in [5.41, 5.74) is 3.23. The van der Waals surface area contributed by atoms with E-state index in [1.165, 1.54) is 6.08 Å². The number of phenolic OH excluding ortho intramolecular Hbond substituents is 1. The molecular formula is C28H28N2O6. The number of hydrogen-bond acceptors (Lipinski definition) is 8. The molecule has 3 aromatic rings. The Bertz CT molecular complexity index is 1250. The highest BCUT2D eigenvalue weighted by molar-refractivity contribution is 6.27. The van der Waals surface area contributed by atoms with E-state index in [9.17, 15) is 9.90 Å². The number of phenols is 1. The van der Waals surface area contributed by atoms with Crippen molar-refractivity contribution >= 4 is 28.6 Å². The molecule has 0 heterocycles. The van der Waals surface area contributed by atoms with Crippen LogP contribution >= 0.6 is 0 Å². The lowest BCUT2D eigenvalue weighted by molar-refractivity contribution is 0.104. The number of hydrogen-bond donors (Lipinski definition) is 2. The van der Waals surface area contributed by atoms with Gasteiger partial charge in [-0.15, -0.1) is 0 Å². The minimum Gasteiger partial charge on any atom is -0.507 e. The molecule has 36 heavy (non-hydrogen) atoms. The summed E-state index contributed by atoms with van der Waals surface area (Å²) in [7, 11) is 3.24. The number of aliphatic imine (C=N–C) groups is 1. The lowest BCUT2D eigenvalue weighted by atomic mass is 9.91. The third kappa shape index (κ3) is 6.10. The quantitative estimate of drug-likeness (QED) is 0.288. The molecule has 186 valence electrons. The summed E-state index contributed by atoms with van der Waals surface area (Å²) in [6, 6.07) is 17.9. The second-order valence-electron chi connectivity index (χ2n) is 7.90. The van der Waals surface area contributed by atoms with Crippen LogP contribution in [0.15, 0.2) is 77.8 Å². The molecule has 0 amide bonds. The predicted molar refractivity (Wildman–Crippen MR) is 139 cm³/mol. The van der Waals surface area contributed by atoms with Gasteiger partial charge in [-0.3, -0.25) is 4.79 Å². The molecule has 0 fully saturated rings. The Balaban J connectivity index is 1.57. The number of ketones is 1. The van der Waals surface area contributed by atoms with Crippen molar-refractivity contribution in [2.45, 2.75) is 0 Å². The zero-order valence-electron chi connectivity index (χ0n) is 20.2. The van der Waals surface area contributed by atoms with Gasteiger partial charge in [-0.1, -0.05) is 0 Å². The Morgan fingerprint density at radius 1 is 0.750 bits per heavy atom. The van der Waals surface area contributed by atoms with Gasteiger partial charge in [0.15, 0.2) is 5.78 Å². The highest BCUT2D eigenvalue weighted by atomic mass is 16.5. The highest BCUT2D eigenvalue weighted by Gasteiger charge is 2.25. The number of rotatable bonds is 11. The fraction of sp³-hybridized carbons (Fsp3) is 0.214. The largest absolute Gasteiger partial charge is 0.507 e. The van der Waals surface area contributed by atoms with Crippen molar-refractivity contribution < 1.29 is 28.8 Å². The molecule has 0 saturated heterocycles. The molecule has 4 rings (SSSR count). The molecule has 0 aliphatic heterocycles. The van der Waals surface area contributed by atoms with Crippen LogP contribution in [0, 0.1) is 0 Å². The van der Waals surface area contributed by atoms with Crippen LogP contribution in [0.3, 0.4) is 0 Å². The first kappa shape index (κ1) is 25.0. The van der Waals surface area contributed by atoms with E-state index in [-0.39, 0.29) is 11.5 Å². The lowest BCUT2D eigenvalue weighted by Gasteiger charge is -2.19. The van der Waals surface area contributed by atoms with Crippen molar-refractivity contribution in [3.05, 3.63) is 83.9 Å². The smallest absolute Gasteiger partial charge is 0.188 e. The van der Waals surface area contributed by atoms with Crippen molar-refractivity contribution in [1.29, 1.82) is 0 Å². The fourth-order valence-electron chi connectivity index (χ4n) is 3.66. The number of anilines is 2. The van der Waals surface area contributed by atoms with E-state index in [2.05, 4.69) is 10.3 Å². The van der Waals surface area contributed by atoms with Crippen molar-refractivity contribution in [3.8, 4) is 17.2 Å². The number of allylic oxidation sites excluding steroid dienone is 2. The molecule has 2 N–H and O–H groups in total. The Hall–Kier alpha value is -4.14. The van der Waals surface area contributed by atoms with E-state index in [0.29, 0.717) is 66.1 Å². The first-order valence-corrected chi connectivity index (χ1v) is 11.5. The molecule has 0 unspecified atom stereocenters. The van der Waals surface area contributed by atoms with Crippen LogP contribution in [0.1, 0.15) is 15.9 Å². The van der Waals surface area contributed by atoms with Gasteiger partial charge in [0.2, 0.25) is 0 Å². The summed E-state index contributed by atoms with van der Waals surface area (Å²) in [6.45, 7) is 1.92. The van der Waals surface area contributed by atoms with E-state index in [1.807, 2.05) is 48.5 Å².